The molecule has 11 heteroatoms. The molecule has 0 fully saturated rings. The van der Waals surface area contributed by atoms with Crippen molar-refractivity contribution in [3.63, 3.8) is 0 Å². The highest BCUT2D eigenvalue weighted by Crippen LogP contribution is 2.28. The largest absolute Gasteiger partial charge is 0.495 e. The van der Waals surface area contributed by atoms with Crippen molar-refractivity contribution in [1.29, 1.82) is 0 Å². The molecule has 1 amide bonds. The van der Waals surface area contributed by atoms with E-state index in [0.717, 1.165) is 10.6 Å². The Morgan fingerprint density at radius 1 is 1.03 bits per heavy atom. The third kappa shape index (κ3) is 5.71. The molecule has 0 bridgehead atoms. The van der Waals surface area contributed by atoms with E-state index >= 15 is 0 Å². The fourth-order valence-electron chi connectivity index (χ4n) is 2.54. The van der Waals surface area contributed by atoms with Gasteiger partial charge in [-0.05, 0) is 56.3 Å². The van der Waals surface area contributed by atoms with E-state index in [2.05, 4.69) is 10.0 Å². The molecule has 2 aromatic rings. The zero-order valence-corrected chi connectivity index (χ0v) is 19.0. The summed E-state index contributed by atoms with van der Waals surface area (Å²) in [5.74, 6) is -0.214. The van der Waals surface area contributed by atoms with Crippen LogP contribution < -0.4 is 19.1 Å². The van der Waals surface area contributed by atoms with Crippen LogP contribution in [-0.4, -0.2) is 49.2 Å². The number of nitrogens with zero attached hydrogens (tertiary/aromatic N) is 1. The van der Waals surface area contributed by atoms with Gasteiger partial charge in [-0.25, -0.2) is 21.6 Å². The molecule has 0 saturated heterocycles. The molecule has 9 nitrogen and oxygen atoms in total. The molecule has 0 heterocycles. The van der Waals surface area contributed by atoms with Crippen LogP contribution in [0.5, 0.6) is 5.75 Å². The van der Waals surface area contributed by atoms with Crippen LogP contribution in [0.2, 0.25) is 0 Å². The standard InChI is InChI=1S/C19H25N3O6S2/c1-13(2)21-30(26,27)16-10-11-18(28-4)17(12-16)20-19(23)14-6-8-15(9-7-14)22(3)29(5,24)25/h6-13,21H,1-5H3,(H,20,23). The van der Waals surface area contributed by atoms with Crippen LogP contribution in [-0.2, 0) is 20.0 Å². The summed E-state index contributed by atoms with van der Waals surface area (Å²) in [6, 6.07) is 9.80. The molecule has 0 spiro atoms. The molecule has 2 aromatic carbocycles. The predicted molar refractivity (Wildman–Crippen MR) is 116 cm³/mol. The molecule has 2 rings (SSSR count). The Hall–Kier alpha value is -2.63. The van der Waals surface area contributed by atoms with Crippen molar-refractivity contribution < 1.29 is 26.4 Å². The monoisotopic (exact) mass is 455 g/mol. The summed E-state index contributed by atoms with van der Waals surface area (Å²) in [4.78, 5) is 12.6. The second-order valence-corrected chi connectivity index (χ2v) is 10.6. The van der Waals surface area contributed by atoms with Gasteiger partial charge in [-0.1, -0.05) is 0 Å². The minimum atomic E-state index is -3.76. The minimum absolute atomic E-state index is 0.0163. The molecule has 0 atom stereocenters. The average Bonchev–Trinajstić information content (AvgIpc) is 2.65. The lowest BCUT2D eigenvalue weighted by molar-refractivity contribution is 0.102. The summed E-state index contributed by atoms with van der Waals surface area (Å²) in [6.45, 7) is 3.41. The third-order valence-corrected chi connectivity index (χ3v) is 6.97. The lowest BCUT2D eigenvalue weighted by Crippen LogP contribution is -2.30. The van der Waals surface area contributed by atoms with Crippen LogP contribution in [0.15, 0.2) is 47.4 Å². The topological polar surface area (TPSA) is 122 Å². The van der Waals surface area contributed by atoms with Gasteiger partial charge in [0.1, 0.15) is 5.75 Å². The average molecular weight is 456 g/mol. The van der Waals surface area contributed by atoms with Crippen molar-refractivity contribution in [3.05, 3.63) is 48.0 Å². The lowest BCUT2D eigenvalue weighted by atomic mass is 10.2. The van der Waals surface area contributed by atoms with Crippen LogP contribution in [0.25, 0.3) is 0 Å². The number of nitrogens with one attached hydrogen (secondary N) is 2. The van der Waals surface area contributed by atoms with Crippen molar-refractivity contribution in [1.82, 2.24) is 4.72 Å². The van der Waals surface area contributed by atoms with Crippen LogP contribution >= 0.6 is 0 Å². The summed E-state index contributed by atoms with van der Waals surface area (Å²) in [6.07, 6.45) is 1.08. The highest BCUT2D eigenvalue weighted by molar-refractivity contribution is 7.92. The molecule has 0 unspecified atom stereocenters. The second kappa shape index (κ2) is 9.02. The van der Waals surface area contributed by atoms with E-state index in [9.17, 15) is 21.6 Å². The Morgan fingerprint density at radius 2 is 1.63 bits per heavy atom. The molecule has 0 aromatic heterocycles. The number of ether oxygens (including phenoxy) is 1. The van der Waals surface area contributed by atoms with Gasteiger partial charge in [0, 0.05) is 18.7 Å². The number of hydrogen-bond donors (Lipinski definition) is 2. The summed E-state index contributed by atoms with van der Waals surface area (Å²) in [7, 11) is -4.36. The molecule has 164 valence electrons. The quantitative estimate of drug-likeness (QED) is 0.628. The van der Waals surface area contributed by atoms with Gasteiger partial charge < -0.3 is 10.1 Å². The van der Waals surface area contributed by atoms with E-state index < -0.39 is 26.0 Å². The Bertz CT molecular complexity index is 1130. The Kier molecular flexibility index (Phi) is 7.11. The molecule has 0 aliphatic heterocycles. The zero-order valence-electron chi connectivity index (χ0n) is 17.3. The van der Waals surface area contributed by atoms with E-state index in [1.165, 1.54) is 56.6 Å². The highest BCUT2D eigenvalue weighted by atomic mass is 32.2. The number of hydrogen-bond acceptors (Lipinski definition) is 6. The summed E-state index contributed by atoms with van der Waals surface area (Å²) < 4.78 is 56.9. The first-order valence-corrected chi connectivity index (χ1v) is 12.2. The van der Waals surface area contributed by atoms with Gasteiger partial charge in [0.05, 0.1) is 29.6 Å². The summed E-state index contributed by atoms with van der Waals surface area (Å²) in [5.41, 5.74) is 0.849. The Labute approximate surface area is 177 Å². The van der Waals surface area contributed by atoms with E-state index in [0.29, 0.717) is 11.4 Å². The second-order valence-electron chi connectivity index (χ2n) is 6.87. The van der Waals surface area contributed by atoms with E-state index in [4.69, 9.17) is 4.74 Å². The van der Waals surface area contributed by atoms with Gasteiger partial charge in [-0.15, -0.1) is 0 Å². The Balaban J connectivity index is 2.30. The molecule has 0 aliphatic rings. The maximum absolute atomic E-state index is 12.6. The highest BCUT2D eigenvalue weighted by Gasteiger charge is 2.19. The number of methoxy groups -OCH3 is 1. The Morgan fingerprint density at radius 3 is 2.13 bits per heavy atom. The van der Waals surface area contributed by atoms with Crippen LogP contribution in [0.3, 0.4) is 0 Å². The number of amides is 1. The van der Waals surface area contributed by atoms with Gasteiger partial charge in [0.15, 0.2) is 0 Å². The third-order valence-electron chi connectivity index (χ3n) is 4.11. The fraction of sp³-hybridized carbons (Fsp3) is 0.316. The van der Waals surface area contributed by atoms with Crippen molar-refractivity contribution in [3.8, 4) is 5.75 Å². The number of benzene rings is 2. The van der Waals surface area contributed by atoms with Gasteiger partial charge in [-0.2, -0.15) is 0 Å². The SMILES string of the molecule is COc1ccc(S(=O)(=O)NC(C)C)cc1NC(=O)c1ccc(N(C)S(C)(=O)=O)cc1. The number of rotatable bonds is 8. The van der Waals surface area contributed by atoms with E-state index in [1.807, 2.05) is 0 Å². The van der Waals surface area contributed by atoms with Crippen LogP contribution in [0.1, 0.15) is 24.2 Å². The molecule has 30 heavy (non-hydrogen) atoms. The normalized spacial score (nSPS) is 11.9. The molecule has 2 N–H and O–H groups in total. The molecular formula is C19H25N3O6S2. The van der Waals surface area contributed by atoms with Gasteiger partial charge in [-0.3, -0.25) is 9.10 Å². The number of sulfonamides is 2. The van der Waals surface area contributed by atoms with E-state index in [-0.39, 0.29) is 22.2 Å². The first-order valence-electron chi connectivity index (χ1n) is 8.91. The van der Waals surface area contributed by atoms with Crippen molar-refractivity contribution in [2.45, 2.75) is 24.8 Å². The van der Waals surface area contributed by atoms with Crippen LogP contribution in [0, 0.1) is 0 Å². The van der Waals surface area contributed by atoms with Crippen molar-refractivity contribution >= 4 is 37.3 Å². The number of carbonyl (C=O) groups excluding carboxylic acids is 1. The number of anilines is 2. The van der Waals surface area contributed by atoms with Crippen molar-refractivity contribution in [2.24, 2.45) is 0 Å². The zero-order chi connectivity index (χ0) is 22.7. The lowest BCUT2D eigenvalue weighted by Gasteiger charge is -2.17. The smallest absolute Gasteiger partial charge is 0.255 e. The van der Waals surface area contributed by atoms with Gasteiger partial charge in [0.2, 0.25) is 20.0 Å². The van der Waals surface area contributed by atoms with Crippen LogP contribution in [0.4, 0.5) is 11.4 Å². The number of carbonyl (C=O) groups is 1. The molecule has 0 radical (unpaired) electrons. The molecule has 0 saturated carbocycles. The predicted octanol–water partition coefficient (Wildman–Crippen LogP) is 2.03. The molecule has 0 aliphatic carbocycles. The maximum Gasteiger partial charge on any atom is 0.255 e. The maximum atomic E-state index is 12.6. The summed E-state index contributed by atoms with van der Waals surface area (Å²) >= 11 is 0. The first-order chi connectivity index (χ1) is 13.8. The van der Waals surface area contributed by atoms with E-state index in [1.54, 1.807) is 13.8 Å². The minimum Gasteiger partial charge on any atom is -0.495 e. The summed E-state index contributed by atoms with van der Waals surface area (Å²) in [5, 5.41) is 2.63. The fourth-order valence-corrected chi connectivity index (χ4v) is 4.32. The van der Waals surface area contributed by atoms with Gasteiger partial charge in [0.25, 0.3) is 5.91 Å². The van der Waals surface area contributed by atoms with Gasteiger partial charge >= 0.3 is 0 Å². The molecular weight excluding hydrogens is 430 g/mol. The first kappa shape index (κ1) is 23.6. The van der Waals surface area contributed by atoms with Crippen molar-refractivity contribution in [2.75, 3.05) is 30.0 Å².